The summed E-state index contributed by atoms with van der Waals surface area (Å²) in [6.45, 7) is 1.16. The molecule has 4 rings (SSSR count). The molecule has 0 bridgehead atoms. The fourth-order valence-corrected chi connectivity index (χ4v) is 3.79. The maximum absolute atomic E-state index is 12.4. The molecule has 30 heavy (non-hydrogen) atoms. The summed E-state index contributed by atoms with van der Waals surface area (Å²) in [5.74, 6) is -1.28. The van der Waals surface area contributed by atoms with Gasteiger partial charge in [-0.15, -0.1) is 0 Å². The lowest BCUT2D eigenvalue weighted by molar-refractivity contribution is -0.384. The Morgan fingerprint density at radius 2 is 1.90 bits per heavy atom. The van der Waals surface area contributed by atoms with Crippen molar-refractivity contribution in [2.45, 2.75) is 18.6 Å². The molecular formula is C21H21N3O6. The minimum Gasteiger partial charge on any atom is -0.352 e. The lowest BCUT2D eigenvalue weighted by Crippen LogP contribution is -2.34. The van der Waals surface area contributed by atoms with Crippen LogP contribution in [0.1, 0.15) is 27.9 Å². The Kier molecular flexibility index (Phi) is 5.23. The smallest absolute Gasteiger partial charge is 0.269 e. The molecule has 2 aromatic rings. The molecule has 9 nitrogen and oxygen atoms in total. The Labute approximate surface area is 172 Å². The van der Waals surface area contributed by atoms with Crippen LogP contribution in [0, 0.1) is 10.1 Å². The molecule has 1 saturated heterocycles. The predicted octanol–water partition coefficient (Wildman–Crippen LogP) is 2.13. The largest absolute Gasteiger partial charge is 0.352 e. The summed E-state index contributed by atoms with van der Waals surface area (Å²) in [6.07, 6.45) is 0.723. The number of nitro groups is 1. The molecule has 2 aliphatic rings. The van der Waals surface area contributed by atoms with Crippen LogP contribution in [0.15, 0.2) is 42.5 Å². The molecule has 2 aromatic carbocycles. The monoisotopic (exact) mass is 411 g/mol. The third-order valence-electron chi connectivity index (χ3n) is 5.43. The predicted molar refractivity (Wildman–Crippen MR) is 107 cm³/mol. The summed E-state index contributed by atoms with van der Waals surface area (Å²) >= 11 is 0. The maximum Gasteiger partial charge on any atom is 0.269 e. The Morgan fingerprint density at radius 3 is 2.57 bits per heavy atom. The Morgan fingerprint density at radius 1 is 1.20 bits per heavy atom. The fraction of sp³-hybridized carbons (Fsp3) is 0.333. The van der Waals surface area contributed by atoms with Crippen LogP contribution in [0.4, 0.5) is 11.4 Å². The quantitative estimate of drug-likeness (QED) is 0.576. The number of benzene rings is 2. The van der Waals surface area contributed by atoms with Gasteiger partial charge in [0.2, 0.25) is 5.91 Å². The summed E-state index contributed by atoms with van der Waals surface area (Å²) in [5, 5.41) is 13.5. The van der Waals surface area contributed by atoms with Crippen molar-refractivity contribution in [3.63, 3.8) is 0 Å². The van der Waals surface area contributed by atoms with E-state index in [4.69, 9.17) is 9.47 Å². The number of ether oxygens (including phenoxy) is 2. The molecule has 0 radical (unpaired) electrons. The van der Waals surface area contributed by atoms with Crippen molar-refractivity contribution in [3.05, 3.63) is 69.3 Å². The number of likely N-dealkylation sites (N-methyl/N-ethyl adjacent to an activating group) is 1. The van der Waals surface area contributed by atoms with Gasteiger partial charge in [-0.3, -0.25) is 19.7 Å². The first kappa shape index (κ1) is 20.0. The van der Waals surface area contributed by atoms with Crippen molar-refractivity contribution < 1.29 is 24.0 Å². The lowest BCUT2D eigenvalue weighted by Gasteiger charge is -2.28. The van der Waals surface area contributed by atoms with E-state index in [9.17, 15) is 19.7 Å². The highest BCUT2D eigenvalue weighted by molar-refractivity contribution is 6.01. The van der Waals surface area contributed by atoms with Gasteiger partial charge in [0.25, 0.3) is 11.6 Å². The molecule has 9 heteroatoms. The number of anilines is 1. The van der Waals surface area contributed by atoms with Crippen LogP contribution in [0.3, 0.4) is 0 Å². The zero-order valence-electron chi connectivity index (χ0n) is 16.4. The number of carbonyl (C=O) groups is 2. The second-order valence-corrected chi connectivity index (χ2v) is 7.23. The van der Waals surface area contributed by atoms with E-state index >= 15 is 0 Å². The van der Waals surface area contributed by atoms with Gasteiger partial charge in [0, 0.05) is 49.0 Å². The van der Waals surface area contributed by atoms with Crippen LogP contribution < -0.4 is 10.2 Å². The van der Waals surface area contributed by atoms with E-state index in [1.165, 1.54) is 24.3 Å². The lowest BCUT2D eigenvalue weighted by atomic mass is 9.98. The zero-order valence-corrected chi connectivity index (χ0v) is 16.4. The van der Waals surface area contributed by atoms with Crippen LogP contribution in [-0.2, 0) is 26.5 Å². The van der Waals surface area contributed by atoms with Crippen molar-refractivity contribution in [1.29, 1.82) is 0 Å². The molecule has 2 aliphatic heterocycles. The van der Waals surface area contributed by atoms with Gasteiger partial charge in [0.05, 0.1) is 24.6 Å². The Hall–Kier alpha value is -3.30. The highest BCUT2D eigenvalue weighted by Gasteiger charge is 2.39. The first-order valence-corrected chi connectivity index (χ1v) is 9.60. The Bertz CT molecular complexity index is 998. The molecule has 2 heterocycles. The van der Waals surface area contributed by atoms with Crippen LogP contribution in [-0.4, -0.2) is 43.5 Å². The van der Waals surface area contributed by atoms with Crippen molar-refractivity contribution >= 4 is 23.2 Å². The molecule has 0 atom stereocenters. The van der Waals surface area contributed by atoms with Gasteiger partial charge in [-0.2, -0.15) is 0 Å². The van der Waals surface area contributed by atoms with Crippen molar-refractivity contribution in [1.82, 2.24) is 5.32 Å². The molecule has 0 unspecified atom stereocenters. The summed E-state index contributed by atoms with van der Waals surface area (Å²) < 4.78 is 11.8. The molecule has 0 saturated carbocycles. The average Bonchev–Trinajstić information content (AvgIpc) is 3.33. The Balaban J connectivity index is 1.44. The molecule has 0 aromatic heterocycles. The summed E-state index contributed by atoms with van der Waals surface area (Å²) in [4.78, 5) is 36.2. The van der Waals surface area contributed by atoms with Crippen LogP contribution in [0.5, 0.6) is 0 Å². The number of non-ortho nitro benzene ring substituents is 1. The van der Waals surface area contributed by atoms with Gasteiger partial charge in [-0.1, -0.05) is 6.07 Å². The number of fused-ring (bicyclic) bond motifs is 1. The number of nitrogens with zero attached hydrogens (tertiary/aromatic N) is 2. The van der Waals surface area contributed by atoms with Crippen molar-refractivity contribution in [2.24, 2.45) is 0 Å². The van der Waals surface area contributed by atoms with Gasteiger partial charge in [-0.05, 0) is 29.8 Å². The summed E-state index contributed by atoms with van der Waals surface area (Å²) in [7, 11) is 1.75. The molecule has 1 N–H and O–H groups in total. The number of nitrogens with one attached hydrogen (secondary N) is 1. The summed E-state index contributed by atoms with van der Waals surface area (Å²) in [6, 6.07) is 11.1. The van der Waals surface area contributed by atoms with Crippen LogP contribution in [0.25, 0.3) is 0 Å². The molecular weight excluding hydrogens is 390 g/mol. The van der Waals surface area contributed by atoms with Gasteiger partial charge < -0.3 is 19.7 Å². The van der Waals surface area contributed by atoms with E-state index < -0.39 is 10.7 Å². The molecule has 156 valence electrons. The van der Waals surface area contributed by atoms with Crippen molar-refractivity contribution in [3.8, 4) is 0 Å². The zero-order chi connectivity index (χ0) is 21.3. The van der Waals surface area contributed by atoms with Crippen LogP contribution in [0.2, 0.25) is 0 Å². The normalized spacial score (nSPS) is 17.1. The fourth-order valence-electron chi connectivity index (χ4n) is 3.79. The van der Waals surface area contributed by atoms with Gasteiger partial charge >= 0.3 is 0 Å². The number of rotatable bonds is 6. The first-order valence-electron chi connectivity index (χ1n) is 9.60. The van der Waals surface area contributed by atoms with E-state index in [1.54, 1.807) is 11.9 Å². The molecule has 1 fully saturated rings. The minimum atomic E-state index is -0.984. The summed E-state index contributed by atoms with van der Waals surface area (Å²) in [5.41, 5.74) is 2.88. The number of amides is 2. The third-order valence-corrected chi connectivity index (χ3v) is 5.43. The highest BCUT2D eigenvalue weighted by Crippen LogP contribution is 2.38. The van der Waals surface area contributed by atoms with Crippen LogP contribution >= 0.6 is 0 Å². The number of hydrogen-bond acceptors (Lipinski definition) is 6. The standard InChI is InChI=1S/C21H21N3O6/c1-23-18-7-4-16(12-15(18)13-19(23)25)21(29-10-11-30-21)8-9-22-20(26)14-2-5-17(6-3-14)24(27)28/h2-7,12H,8-11,13H2,1H3,(H,22,26). The molecule has 0 spiro atoms. The van der Waals surface area contributed by atoms with E-state index in [2.05, 4.69) is 5.32 Å². The van der Waals surface area contributed by atoms with E-state index in [0.29, 0.717) is 31.6 Å². The number of nitro benzene ring substituents is 1. The van der Waals surface area contributed by atoms with E-state index in [-0.39, 0.29) is 24.0 Å². The third kappa shape index (κ3) is 3.64. The number of hydrogen-bond donors (Lipinski definition) is 1. The van der Waals surface area contributed by atoms with E-state index in [1.807, 2.05) is 18.2 Å². The topological polar surface area (TPSA) is 111 Å². The maximum atomic E-state index is 12.4. The van der Waals surface area contributed by atoms with Gasteiger partial charge in [0.1, 0.15) is 0 Å². The van der Waals surface area contributed by atoms with Gasteiger partial charge in [-0.25, -0.2) is 0 Å². The SMILES string of the molecule is CN1C(=O)Cc2cc(C3(CCNC(=O)c4ccc([N+](=O)[O-])cc4)OCCO3)ccc21. The molecule has 2 amide bonds. The second kappa shape index (κ2) is 7.85. The average molecular weight is 411 g/mol. The van der Waals surface area contributed by atoms with Crippen molar-refractivity contribution in [2.75, 3.05) is 31.7 Å². The first-order chi connectivity index (χ1) is 14.4. The number of carbonyl (C=O) groups excluding carboxylic acids is 2. The van der Waals surface area contributed by atoms with Gasteiger partial charge in [0.15, 0.2) is 5.79 Å². The molecule has 0 aliphatic carbocycles. The highest BCUT2D eigenvalue weighted by atomic mass is 16.7. The minimum absolute atomic E-state index is 0.0415. The van der Waals surface area contributed by atoms with E-state index in [0.717, 1.165) is 16.8 Å². The second-order valence-electron chi connectivity index (χ2n) is 7.23.